The van der Waals surface area contributed by atoms with E-state index in [0.717, 1.165) is 6.54 Å². The number of rotatable bonds is 5. The predicted octanol–water partition coefficient (Wildman–Crippen LogP) is 3.26. The second-order valence-electron chi connectivity index (χ2n) is 6.85. The van der Waals surface area contributed by atoms with Gasteiger partial charge in [0.1, 0.15) is 0 Å². The third-order valence-electron chi connectivity index (χ3n) is 4.97. The summed E-state index contributed by atoms with van der Waals surface area (Å²) < 4.78 is 0. The van der Waals surface area contributed by atoms with E-state index < -0.39 is 0 Å². The van der Waals surface area contributed by atoms with Crippen molar-refractivity contribution in [1.29, 1.82) is 0 Å². The maximum Gasteiger partial charge on any atom is 0.0354 e. The highest BCUT2D eigenvalue weighted by molar-refractivity contribution is 5.01. The summed E-state index contributed by atoms with van der Waals surface area (Å²) in [6, 6.07) is 0. The molecule has 0 saturated heterocycles. The molecule has 1 saturated carbocycles. The standard InChI is InChI=1S/C15H32N2/c1-6-7-10-17(5)15(12-16)9-8-14(3,4)11-13(15)2/h13H,6-12,16H2,1-5H3. The molecule has 17 heavy (non-hydrogen) atoms. The molecule has 0 spiro atoms. The van der Waals surface area contributed by atoms with Crippen LogP contribution in [-0.2, 0) is 0 Å². The van der Waals surface area contributed by atoms with Crippen LogP contribution in [0.15, 0.2) is 0 Å². The first kappa shape index (κ1) is 15.0. The van der Waals surface area contributed by atoms with Gasteiger partial charge < -0.3 is 5.73 Å². The van der Waals surface area contributed by atoms with E-state index in [9.17, 15) is 0 Å². The molecule has 1 fully saturated rings. The quantitative estimate of drug-likeness (QED) is 0.799. The topological polar surface area (TPSA) is 29.3 Å². The maximum atomic E-state index is 6.15. The fourth-order valence-electron chi connectivity index (χ4n) is 3.57. The zero-order valence-corrected chi connectivity index (χ0v) is 12.6. The number of hydrogen-bond acceptors (Lipinski definition) is 2. The Morgan fingerprint density at radius 3 is 2.41 bits per heavy atom. The van der Waals surface area contributed by atoms with Gasteiger partial charge in [0.2, 0.25) is 0 Å². The molecule has 2 N–H and O–H groups in total. The van der Waals surface area contributed by atoms with Crippen molar-refractivity contribution in [3.05, 3.63) is 0 Å². The molecule has 0 bridgehead atoms. The first-order chi connectivity index (χ1) is 7.88. The first-order valence-electron chi connectivity index (χ1n) is 7.29. The minimum absolute atomic E-state index is 0.255. The molecule has 1 aliphatic carbocycles. The summed E-state index contributed by atoms with van der Waals surface area (Å²) in [6.07, 6.45) is 6.43. The Balaban J connectivity index is 2.74. The summed E-state index contributed by atoms with van der Waals surface area (Å²) in [4.78, 5) is 2.55. The monoisotopic (exact) mass is 240 g/mol. The van der Waals surface area contributed by atoms with Crippen LogP contribution < -0.4 is 5.73 Å². The van der Waals surface area contributed by atoms with Crippen LogP contribution >= 0.6 is 0 Å². The largest absolute Gasteiger partial charge is 0.329 e. The molecule has 0 radical (unpaired) electrons. The van der Waals surface area contributed by atoms with Crippen molar-refractivity contribution in [3.8, 4) is 0 Å². The minimum Gasteiger partial charge on any atom is -0.329 e. The second kappa shape index (κ2) is 5.71. The van der Waals surface area contributed by atoms with E-state index in [1.807, 2.05) is 0 Å². The first-order valence-corrected chi connectivity index (χ1v) is 7.29. The molecule has 0 heterocycles. The number of nitrogens with zero attached hydrogens (tertiary/aromatic N) is 1. The summed E-state index contributed by atoms with van der Waals surface area (Å²) in [6.45, 7) is 11.5. The van der Waals surface area contributed by atoms with Gasteiger partial charge >= 0.3 is 0 Å². The molecule has 102 valence electrons. The van der Waals surface area contributed by atoms with E-state index in [1.54, 1.807) is 0 Å². The molecular weight excluding hydrogens is 208 g/mol. The number of hydrogen-bond donors (Lipinski definition) is 1. The fourth-order valence-corrected chi connectivity index (χ4v) is 3.57. The minimum atomic E-state index is 0.255. The Morgan fingerprint density at radius 2 is 1.94 bits per heavy atom. The molecule has 0 aromatic carbocycles. The zero-order chi connectivity index (χ0) is 13.1. The van der Waals surface area contributed by atoms with Crippen LogP contribution in [0, 0.1) is 11.3 Å². The van der Waals surface area contributed by atoms with E-state index in [0.29, 0.717) is 11.3 Å². The molecule has 0 aromatic rings. The second-order valence-corrected chi connectivity index (χ2v) is 6.85. The number of unbranched alkanes of at least 4 members (excludes halogenated alkanes) is 1. The van der Waals surface area contributed by atoms with E-state index in [1.165, 1.54) is 38.6 Å². The van der Waals surface area contributed by atoms with Gasteiger partial charge in [0.25, 0.3) is 0 Å². The van der Waals surface area contributed by atoms with Crippen molar-refractivity contribution in [3.63, 3.8) is 0 Å². The Labute approximate surface area is 108 Å². The lowest BCUT2D eigenvalue weighted by molar-refractivity contribution is -0.00765. The summed E-state index contributed by atoms with van der Waals surface area (Å²) in [5.74, 6) is 0.707. The number of likely N-dealkylation sites (N-methyl/N-ethyl adjacent to an activating group) is 1. The summed E-state index contributed by atoms with van der Waals surface area (Å²) >= 11 is 0. The SMILES string of the molecule is CCCCN(C)C1(CN)CCC(C)(C)CC1C. The van der Waals surface area contributed by atoms with E-state index in [4.69, 9.17) is 5.73 Å². The van der Waals surface area contributed by atoms with Crippen molar-refractivity contribution in [2.45, 2.75) is 65.3 Å². The Bertz CT molecular complexity index is 237. The zero-order valence-electron chi connectivity index (χ0n) is 12.6. The van der Waals surface area contributed by atoms with Gasteiger partial charge in [-0.1, -0.05) is 34.1 Å². The van der Waals surface area contributed by atoms with Crippen LogP contribution in [0.25, 0.3) is 0 Å². The van der Waals surface area contributed by atoms with Gasteiger partial charge in [0, 0.05) is 12.1 Å². The highest BCUT2D eigenvalue weighted by atomic mass is 15.2. The summed E-state index contributed by atoms with van der Waals surface area (Å²) in [5.41, 5.74) is 6.91. The van der Waals surface area contributed by atoms with Crippen LogP contribution in [0.3, 0.4) is 0 Å². The summed E-state index contributed by atoms with van der Waals surface area (Å²) in [7, 11) is 2.28. The van der Waals surface area contributed by atoms with Crippen molar-refractivity contribution >= 4 is 0 Å². The van der Waals surface area contributed by atoms with Crippen LogP contribution in [0.2, 0.25) is 0 Å². The van der Waals surface area contributed by atoms with Crippen molar-refractivity contribution < 1.29 is 0 Å². The normalized spacial score (nSPS) is 33.0. The molecular formula is C15H32N2. The van der Waals surface area contributed by atoms with Crippen molar-refractivity contribution in [2.75, 3.05) is 20.1 Å². The smallest absolute Gasteiger partial charge is 0.0354 e. The molecule has 0 amide bonds. The Hall–Kier alpha value is -0.0800. The lowest BCUT2D eigenvalue weighted by Gasteiger charge is -2.52. The average Bonchev–Trinajstić information content (AvgIpc) is 2.26. The van der Waals surface area contributed by atoms with E-state index in [-0.39, 0.29) is 5.54 Å². The van der Waals surface area contributed by atoms with E-state index >= 15 is 0 Å². The molecule has 0 aliphatic heterocycles. The lowest BCUT2D eigenvalue weighted by atomic mass is 9.63. The Morgan fingerprint density at radius 1 is 1.29 bits per heavy atom. The molecule has 1 rings (SSSR count). The third-order valence-corrected chi connectivity index (χ3v) is 4.97. The average molecular weight is 240 g/mol. The van der Waals surface area contributed by atoms with Crippen LogP contribution in [0.1, 0.15) is 59.8 Å². The van der Waals surface area contributed by atoms with Crippen molar-refractivity contribution in [2.24, 2.45) is 17.1 Å². The molecule has 2 heteroatoms. The van der Waals surface area contributed by atoms with E-state index in [2.05, 4.69) is 39.6 Å². The lowest BCUT2D eigenvalue weighted by Crippen LogP contribution is -2.59. The van der Waals surface area contributed by atoms with Crippen LogP contribution in [0.5, 0.6) is 0 Å². The van der Waals surface area contributed by atoms with Gasteiger partial charge in [0.15, 0.2) is 0 Å². The molecule has 0 aromatic heterocycles. The van der Waals surface area contributed by atoms with Crippen LogP contribution in [-0.4, -0.2) is 30.6 Å². The fraction of sp³-hybridized carbons (Fsp3) is 1.00. The van der Waals surface area contributed by atoms with Gasteiger partial charge in [-0.05, 0) is 50.6 Å². The highest BCUT2D eigenvalue weighted by Gasteiger charge is 2.45. The van der Waals surface area contributed by atoms with Crippen molar-refractivity contribution in [1.82, 2.24) is 4.90 Å². The molecule has 2 nitrogen and oxygen atoms in total. The van der Waals surface area contributed by atoms with Crippen LogP contribution in [0.4, 0.5) is 0 Å². The maximum absolute atomic E-state index is 6.15. The molecule has 2 atom stereocenters. The van der Waals surface area contributed by atoms with Gasteiger partial charge in [0.05, 0.1) is 0 Å². The van der Waals surface area contributed by atoms with Gasteiger partial charge in [-0.3, -0.25) is 4.90 Å². The molecule has 2 unspecified atom stereocenters. The predicted molar refractivity (Wildman–Crippen MR) is 76.1 cm³/mol. The number of nitrogens with two attached hydrogens (primary N) is 1. The van der Waals surface area contributed by atoms with Gasteiger partial charge in [-0.15, -0.1) is 0 Å². The van der Waals surface area contributed by atoms with Gasteiger partial charge in [-0.2, -0.15) is 0 Å². The Kier molecular flexibility index (Phi) is 5.03. The third kappa shape index (κ3) is 3.23. The molecule has 1 aliphatic rings. The highest BCUT2D eigenvalue weighted by Crippen LogP contribution is 2.45. The van der Waals surface area contributed by atoms with Gasteiger partial charge in [-0.25, -0.2) is 0 Å². The summed E-state index contributed by atoms with van der Waals surface area (Å²) in [5, 5.41) is 0.